The molecule has 1 aromatic rings. The minimum atomic E-state index is -0.266. The fourth-order valence-corrected chi connectivity index (χ4v) is 3.83. The van der Waals surface area contributed by atoms with Crippen LogP contribution < -0.4 is 4.90 Å². The molecule has 0 radical (unpaired) electrons. The summed E-state index contributed by atoms with van der Waals surface area (Å²) in [5.74, 6) is 0.611. The van der Waals surface area contributed by atoms with E-state index < -0.39 is 0 Å². The zero-order valence-corrected chi connectivity index (χ0v) is 12.7. The highest BCUT2D eigenvalue weighted by molar-refractivity contribution is 5.67. The van der Waals surface area contributed by atoms with E-state index in [-0.39, 0.29) is 16.1 Å². The normalized spacial score (nSPS) is 25.3. The lowest BCUT2D eigenvalue weighted by Gasteiger charge is -2.40. The molecule has 0 aromatic heterocycles. The summed E-state index contributed by atoms with van der Waals surface area (Å²) < 4.78 is 5.50. The molecule has 1 saturated carbocycles. The van der Waals surface area contributed by atoms with E-state index in [1.54, 1.807) is 13.2 Å². The average Bonchev–Trinajstić information content (AvgIpc) is 3.21. The highest BCUT2D eigenvalue weighted by atomic mass is 16.6. The number of nitrogens with zero attached hydrogens (tertiary/aromatic N) is 2. The van der Waals surface area contributed by atoms with Crippen molar-refractivity contribution in [1.29, 1.82) is 0 Å². The molecule has 114 valence electrons. The van der Waals surface area contributed by atoms with Crippen molar-refractivity contribution in [3.63, 3.8) is 0 Å². The Hall–Kier alpha value is -1.62. The third kappa shape index (κ3) is 2.39. The third-order valence-electron chi connectivity index (χ3n) is 4.88. The fourth-order valence-electron chi connectivity index (χ4n) is 3.83. The van der Waals surface area contributed by atoms with Gasteiger partial charge in [0.25, 0.3) is 5.69 Å². The van der Waals surface area contributed by atoms with Gasteiger partial charge in [-0.25, -0.2) is 0 Å². The van der Waals surface area contributed by atoms with Crippen molar-refractivity contribution in [2.24, 2.45) is 5.92 Å². The average molecular weight is 290 g/mol. The molecule has 2 fully saturated rings. The van der Waals surface area contributed by atoms with Crippen LogP contribution in [0.3, 0.4) is 0 Å². The van der Waals surface area contributed by atoms with E-state index in [4.69, 9.17) is 4.74 Å². The number of nitro benzene ring substituents is 1. The highest BCUT2D eigenvalue weighted by Crippen LogP contribution is 2.51. The first-order chi connectivity index (χ1) is 10.1. The zero-order chi connectivity index (χ0) is 15.0. The SMILES string of the molecule is COCC1(C2CC2)CCCN1c1cc(C)ccc1[N+](=O)[O-]. The van der Waals surface area contributed by atoms with Gasteiger partial charge in [-0.15, -0.1) is 0 Å². The first kappa shape index (κ1) is 14.3. The number of aryl methyl sites for hydroxylation is 1. The van der Waals surface area contributed by atoms with Gasteiger partial charge in [-0.3, -0.25) is 10.1 Å². The van der Waals surface area contributed by atoms with E-state index >= 15 is 0 Å². The number of rotatable bonds is 5. The number of hydrogen-bond donors (Lipinski definition) is 0. The number of methoxy groups -OCH3 is 1. The standard InChI is InChI=1S/C16H22N2O3/c1-12-4-7-14(18(19)20)15(10-12)17-9-3-8-16(17,11-21-2)13-5-6-13/h4,7,10,13H,3,5-6,8-9,11H2,1-2H3. The van der Waals surface area contributed by atoms with Crippen molar-refractivity contribution in [1.82, 2.24) is 0 Å². The summed E-state index contributed by atoms with van der Waals surface area (Å²) in [5, 5.41) is 11.4. The molecule has 0 N–H and O–H groups in total. The second-order valence-electron chi connectivity index (χ2n) is 6.32. The topological polar surface area (TPSA) is 55.6 Å². The van der Waals surface area contributed by atoms with Gasteiger partial charge in [0.15, 0.2) is 0 Å². The molecule has 2 aliphatic rings. The maximum absolute atomic E-state index is 11.4. The van der Waals surface area contributed by atoms with Gasteiger partial charge in [0.1, 0.15) is 5.69 Å². The number of ether oxygens (including phenoxy) is 1. The smallest absolute Gasteiger partial charge is 0.292 e. The van der Waals surface area contributed by atoms with Crippen LogP contribution >= 0.6 is 0 Å². The summed E-state index contributed by atoms with van der Waals surface area (Å²) in [6.45, 7) is 3.52. The Balaban J connectivity index is 2.05. The molecule has 5 nitrogen and oxygen atoms in total. The first-order valence-electron chi connectivity index (χ1n) is 7.60. The molecular formula is C16H22N2O3. The van der Waals surface area contributed by atoms with Crippen LogP contribution in [0.15, 0.2) is 18.2 Å². The second-order valence-corrected chi connectivity index (χ2v) is 6.32. The minimum absolute atomic E-state index is 0.0483. The summed E-state index contributed by atoms with van der Waals surface area (Å²) in [6.07, 6.45) is 4.56. The highest BCUT2D eigenvalue weighted by Gasteiger charge is 2.52. The van der Waals surface area contributed by atoms with Gasteiger partial charge in [-0.1, -0.05) is 6.07 Å². The van der Waals surface area contributed by atoms with Crippen LogP contribution in [0, 0.1) is 23.0 Å². The summed E-state index contributed by atoms with van der Waals surface area (Å²) in [6, 6.07) is 5.40. The molecule has 1 heterocycles. The monoisotopic (exact) mass is 290 g/mol. The molecule has 5 heteroatoms. The fraction of sp³-hybridized carbons (Fsp3) is 0.625. The van der Waals surface area contributed by atoms with Gasteiger partial charge in [0.05, 0.1) is 17.1 Å². The van der Waals surface area contributed by atoms with Gasteiger partial charge in [-0.05, 0) is 50.2 Å². The summed E-state index contributed by atoms with van der Waals surface area (Å²) in [5.41, 5.74) is 1.99. The molecule has 0 amide bonds. The Morgan fingerprint density at radius 2 is 2.24 bits per heavy atom. The minimum Gasteiger partial charge on any atom is -0.382 e. The Morgan fingerprint density at radius 3 is 2.86 bits per heavy atom. The number of benzene rings is 1. The van der Waals surface area contributed by atoms with Crippen LogP contribution in [0.4, 0.5) is 11.4 Å². The molecule has 1 saturated heterocycles. The number of nitro groups is 1. The molecule has 3 rings (SSSR count). The van der Waals surface area contributed by atoms with Crippen LogP contribution in [-0.2, 0) is 4.74 Å². The third-order valence-corrected chi connectivity index (χ3v) is 4.88. The molecule has 1 unspecified atom stereocenters. The van der Waals surface area contributed by atoms with Crippen LogP contribution in [0.25, 0.3) is 0 Å². The van der Waals surface area contributed by atoms with Crippen molar-refractivity contribution in [3.05, 3.63) is 33.9 Å². The van der Waals surface area contributed by atoms with Gasteiger partial charge >= 0.3 is 0 Å². The van der Waals surface area contributed by atoms with Crippen molar-refractivity contribution >= 4 is 11.4 Å². The van der Waals surface area contributed by atoms with Crippen molar-refractivity contribution in [3.8, 4) is 0 Å². The predicted octanol–water partition coefficient (Wildman–Crippen LogP) is 3.30. The Morgan fingerprint density at radius 1 is 1.48 bits per heavy atom. The van der Waals surface area contributed by atoms with E-state index in [2.05, 4.69) is 4.90 Å². The number of hydrogen-bond acceptors (Lipinski definition) is 4. The maximum Gasteiger partial charge on any atom is 0.292 e. The van der Waals surface area contributed by atoms with E-state index in [9.17, 15) is 10.1 Å². The predicted molar refractivity (Wildman–Crippen MR) is 81.7 cm³/mol. The molecule has 21 heavy (non-hydrogen) atoms. The van der Waals surface area contributed by atoms with Crippen molar-refractivity contribution in [2.75, 3.05) is 25.2 Å². The molecule has 1 aliphatic heterocycles. The molecule has 0 spiro atoms. The molecule has 0 bridgehead atoms. The van der Waals surface area contributed by atoms with Crippen LogP contribution in [0.1, 0.15) is 31.2 Å². The number of anilines is 1. The lowest BCUT2D eigenvalue weighted by atomic mass is 9.90. The summed E-state index contributed by atoms with van der Waals surface area (Å²) in [7, 11) is 1.73. The van der Waals surface area contributed by atoms with Gasteiger partial charge < -0.3 is 9.64 Å². The summed E-state index contributed by atoms with van der Waals surface area (Å²) in [4.78, 5) is 13.4. The van der Waals surface area contributed by atoms with Gasteiger partial charge in [0, 0.05) is 19.7 Å². The molecule has 1 aromatic carbocycles. The zero-order valence-electron chi connectivity index (χ0n) is 12.7. The molecule has 1 aliphatic carbocycles. The van der Waals surface area contributed by atoms with Crippen molar-refractivity contribution in [2.45, 2.75) is 38.1 Å². The molecular weight excluding hydrogens is 268 g/mol. The van der Waals surface area contributed by atoms with E-state index in [0.29, 0.717) is 12.5 Å². The lowest BCUT2D eigenvalue weighted by Crippen LogP contribution is -2.50. The van der Waals surface area contributed by atoms with E-state index in [0.717, 1.165) is 30.6 Å². The Bertz CT molecular complexity index is 556. The van der Waals surface area contributed by atoms with Gasteiger partial charge in [-0.2, -0.15) is 0 Å². The Kier molecular flexibility index (Phi) is 3.61. The second kappa shape index (κ2) is 5.30. The first-order valence-corrected chi connectivity index (χ1v) is 7.60. The van der Waals surface area contributed by atoms with E-state index in [1.165, 1.54) is 12.8 Å². The molecule has 1 atom stereocenters. The maximum atomic E-state index is 11.4. The van der Waals surface area contributed by atoms with E-state index in [1.807, 2.05) is 19.1 Å². The summed E-state index contributed by atoms with van der Waals surface area (Å²) >= 11 is 0. The van der Waals surface area contributed by atoms with Gasteiger partial charge in [0.2, 0.25) is 0 Å². The van der Waals surface area contributed by atoms with Crippen LogP contribution in [0.2, 0.25) is 0 Å². The largest absolute Gasteiger partial charge is 0.382 e. The Labute approximate surface area is 125 Å². The lowest BCUT2D eigenvalue weighted by molar-refractivity contribution is -0.384. The van der Waals surface area contributed by atoms with Crippen LogP contribution in [0.5, 0.6) is 0 Å². The van der Waals surface area contributed by atoms with Crippen molar-refractivity contribution < 1.29 is 9.66 Å². The quantitative estimate of drug-likeness (QED) is 0.616. The van der Waals surface area contributed by atoms with Crippen LogP contribution in [-0.4, -0.2) is 30.7 Å².